The molecule has 0 spiro atoms. The highest BCUT2D eigenvalue weighted by molar-refractivity contribution is 5.48. The average molecular weight is 280 g/mol. The Labute approximate surface area is 126 Å². The molecule has 0 atom stereocenters. The summed E-state index contributed by atoms with van der Waals surface area (Å²) in [5, 5.41) is 12.5. The maximum atomic E-state index is 9.15. The zero-order chi connectivity index (χ0) is 15.3. The van der Waals surface area contributed by atoms with Gasteiger partial charge in [-0.15, -0.1) is 0 Å². The molecule has 0 saturated heterocycles. The van der Waals surface area contributed by atoms with Crippen LogP contribution in [-0.4, -0.2) is 7.11 Å². The van der Waals surface area contributed by atoms with Crippen molar-refractivity contribution in [2.45, 2.75) is 25.8 Å². The van der Waals surface area contributed by atoms with Gasteiger partial charge in [-0.25, -0.2) is 0 Å². The summed E-state index contributed by atoms with van der Waals surface area (Å²) in [5.74, 6) is 0.882. The van der Waals surface area contributed by atoms with Crippen molar-refractivity contribution in [2.24, 2.45) is 0 Å². The van der Waals surface area contributed by atoms with Crippen LogP contribution in [-0.2, 0) is 12.0 Å². The van der Waals surface area contributed by atoms with E-state index in [4.69, 9.17) is 10.00 Å². The van der Waals surface area contributed by atoms with Gasteiger partial charge in [-0.05, 0) is 37.6 Å². The first-order valence-corrected chi connectivity index (χ1v) is 6.94. The quantitative estimate of drug-likeness (QED) is 0.896. The van der Waals surface area contributed by atoms with Gasteiger partial charge in [0.05, 0.1) is 18.6 Å². The number of anilines is 1. The van der Waals surface area contributed by atoms with Crippen molar-refractivity contribution in [1.82, 2.24) is 0 Å². The molecule has 1 N–H and O–H groups in total. The number of para-hydroxylation sites is 1. The first-order chi connectivity index (χ1) is 10.1. The predicted octanol–water partition coefficient (Wildman–Crippen LogP) is 4.11. The molecule has 3 heteroatoms. The van der Waals surface area contributed by atoms with E-state index in [-0.39, 0.29) is 0 Å². The second-order valence-corrected chi connectivity index (χ2v) is 5.48. The SMILES string of the molecule is COc1ccccc1CNc1ccc(C(C)(C)C#N)cc1. The Kier molecular flexibility index (Phi) is 4.49. The molecule has 0 aliphatic heterocycles. The number of ether oxygens (including phenoxy) is 1. The lowest BCUT2D eigenvalue weighted by Crippen LogP contribution is -2.13. The number of nitrogens with one attached hydrogen (secondary N) is 1. The molecule has 0 aliphatic rings. The summed E-state index contributed by atoms with van der Waals surface area (Å²) in [6, 6.07) is 18.3. The highest BCUT2D eigenvalue weighted by Crippen LogP contribution is 2.24. The molecule has 0 bridgehead atoms. The van der Waals surface area contributed by atoms with E-state index in [0.29, 0.717) is 6.54 Å². The van der Waals surface area contributed by atoms with Crippen LogP contribution in [0.1, 0.15) is 25.0 Å². The van der Waals surface area contributed by atoms with Crippen molar-refractivity contribution in [3.05, 3.63) is 59.7 Å². The third-order valence-electron chi connectivity index (χ3n) is 3.56. The van der Waals surface area contributed by atoms with Crippen LogP contribution >= 0.6 is 0 Å². The smallest absolute Gasteiger partial charge is 0.123 e. The van der Waals surface area contributed by atoms with Gasteiger partial charge in [-0.1, -0.05) is 30.3 Å². The average Bonchev–Trinajstić information content (AvgIpc) is 2.53. The van der Waals surface area contributed by atoms with Crippen LogP contribution in [0.3, 0.4) is 0 Å². The minimum Gasteiger partial charge on any atom is -0.496 e. The van der Waals surface area contributed by atoms with E-state index in [1.54, 1.807) is 7.11 Å². The van der Waals surface area contributed by atoms with Crippen molar-refractivity contribution in [1.29, 1.82) is 5.26 Å². The number of nitriles is 1. The summed E-state index contributed by atoms with van der Waals surface area (Å²) in [6.07, 6.45) is 0. The van der Waals surface area contributed by atoms with Crippen molar-refractivity contribution in [3.63, 3.8) is 0 Å². The van der Waals surface area contributed by atoms with Gasteiger partial charge in [0.15, 0.2) is 0 Å². The predicted molar refractivity (Wildman–Crippen MR) is 85.4 cm³/mol. The summed E-state index contributed by atoms with van der Waals surface area (Å²) in [4.78, 5) is 0. The minimum atomic E-state index is -0.457. The standard InChI is InChI=1S/C18H20N2O/c1-18(2,13-19)15-8-10-16(11-9-15)20-12-14-6-4-5-7-17(14)21-3/h4-11,20H,12H2,1-3H3. The zero-order valence-corrected chi connectivity index (χ0v) is 12.7. The molecule has 21 heavy (non-hydrogen) atoms. The van der Waals surface area contributed by atoms with Gasteiger partial charge in [0.1, 0.15) is 5.75 Å². The Bertz CT molecular complexity index is 639. The number of methoxy groups -OCH3 is 1. The summed E-state index contributed by atoms with van der Waals surface area (Å²) in [6.45, 7) is 4.54. The highest BCUT2D eigenvalue weighted by Gasteiger charge is 2.18. The maximum absolute atomic E-state index is 9.15. The van der Waals surface area contributed by atoms with Crippen molar-refractivity contribution < 1.29 is 4.74 Å². The van der Waals surface area contributed by atoms with Crippen LogP contribution < -0.4 is 10.1 Å². The van der Waals surface area contributed by atoms with Crippen molar-refractivity contribution >= 4 is 5.69 Å². The Hall–Kier alpha value is -2.47. The van der Waals surface area contributed by atoms with Crippen molar-refractivity contribution in [2.75, 3.05) is 12.4 Å². The van der Waals surface area contributed by atoms with E-state index in [9.17, 15) is 0 Å². The summed E-state index contributed by atoms with van der Waals surface area (Å²) >= 11 is 0. The van der Waals surface area contributed by atoms with Gasteiger partial charge in [0.2, 0.25) is 0 Å². The van der Waals surface area contributed by atoms with Crippen LogP contribution in [0.15, 0.2) is 48.5 Å². The first-order valence-electron chi connectivity index (χ1n) is 6.94. The molecule has 0 aliphatic carbocycles. The fraction of sp³-hybridized carbons (Fsp3) is 0.278. The molecule has 0 amide bonds. The Balaban J connectivity index is 2.06. The minimum absolute atomic E-state index is 0.457. The number of rotatable bonds is 5. The van der Waals surface area contributed by atoms with E-state index < -0.39 is 5.41 Å². The van der Waals surface area contributed by atoms with Crippen LogP contribution in [0.2, 0.25) is 0 Å². The summed E-state index contributed by atoms with van der Waals surface area (Å²) in [5.41, 5.74) is 2.70. The van der Waals surface area contributed by atoms with Gasteiger partial charge < -0.3 is 10.1 Å². The lowest BCUT2D eigenvalue weighted by molar-refractivity contribution is 0.410. The van der Waals surface area contributed by atoms with E-state index in [2.05, 4.69) is 11.4 Å². The molecule has 3 nitrogen and oxygen atoms in total. The van der Waals surface area contributed by atoms with Crippen molar-refractivity contribution in [3.8, 4) is 11.8 Å². The van der Waals surface area contributed by atoms with Crippen LogP contribution in [0.4, 0.5) is 5.69 Å². The summed E-state index contributed by atoms with van der Waals surface area (Å²) in [7, 11) is 1.68. The fourth-order valence-corrected chi connectivity index (χ4v) is 2.12. The molecule has 0 radical (unpaired) electrons. The number of hydrogen-bond acceptors (Lipinski definition) is 3. The molecule has 2 aromatic carbocycles. The monoisotopic (exact) mass is 280 g/mol. The molecule has 0 aromatic heterocycles. The van der Waals surface area contributed by atoms with Gasteiger partial charge in [0.25, 0.3) is 0 Å². The van der Waals surface area contributed by atoms with E-state index in [1.165, 1.54) is 0 Å². The number of hydrogen-bond donors (Lipinski definition) is 1. The molecule has 0 heterocycles. The Morgan fingerprint density at radius 3 is 2.38 bits per heavy atom. The van der Waals surface area contributed by atoms with E-state index in [1.807, 2.05) is 62.4 Å². The van der Waals surface area contributed by atoms with E-state index >= 15 is 0 Å². The first kappa shape index (κ1) is 14.9. The molecule has 2 aromatic rings. The van der Waals surface area contributed by atoms with Gasteiger partial charge in [0, 0.05) is 17.8 Å². The zero-order valence-electron chi connectivity index (χ0n) is 12.7. The van der Waals surface area contributed by atoms with Crippen LogP contribution in [0, 0.1) is 11.3 Å². The lowest BCUT2D eigenvalue weighted by Gasteiger charge is -2.16. The van der Waals surface area contributed by atoms with Crippen LogP contribution in [0.25, 0.3) is 0 Å². The van der Waals surface area contributed by atoms with Gasteiger partial charge in [-0.3, -0.25) is 0 Å². The normalized spacial score (nSPS) is 10.8. The third kappa shape index (κ3) is 3.55. The topological polar surface area (TPSA) is 45.0 Å². The molecule has 108 valence electrons. The lowest BCUT2D eigenvalue weighted by atomic mass is 9.86. The number of nitrogens with zero attached hydrogens (tertiary/aromatic N) is 1. The second-order valence-electron chi connectivity index (χ2n) is 5.48. The Morgan fingerprint density at radius 1 is 1.10 bits per heavy atom. The highest BCUT2D eigenvalue weighted by atomic mass is 16.5. The third-order valence-corrected chi connectivity index (χ3v) is 3.56. The molecule has 0 unspecified atom stereocenters. The van der Waals surface area contributed by atoms with E-state index in [0.717, 1.165) is 22.6 Å². The largest absolute Gasteiger partial charge is 0.496 e. The summed E-state index contributed by atoms with van der Waals surface area (Å²) < 4.78 is 5.34. The maximum Gasteiger partial charge on any atom is 0.123 e. The molecule has 2 rings (SSSR count). The van der Waals surface area contributed by atoms with Gasteiger partial charge in [-0.2, -0.15) is 5.26 Å². The molecular weight excluding hydrogens is 260 g/mol. The molecular formula is C18H20N2O. The number of benzene rings is 2. The van der Waals surface area contributed by atoms with Crippen LogP contribution in [0.5, 0.6) is 5.75 Å². The molecule has 0 fully saturated rings. The fourth-order valence-electron chi connectivity index (χ4n) is 2.12. The second kappa shape index (κ2) is 6.32. The Morgan fingerprint density at radius 2 is 1.76 bits per heavy atom. The van der Waals surface area contributed by atoms with Gasteiger partial charge >= 0.3 is 0 Å². The molecule has 0 saturated carbocycles.